The lowest BCUT2D eigenvalue weighted by Gasteiger charge is -2.25. The monoisotopic (exact) mass is 312 g/mol. The lowest BCUT2D eigenvalue weighted by Crippen LogP contribution is -2.44. The molecule has 1 atom stereocenters. The van der Waals surface area contributed by atoms with Crippen molar-refractivity contribution in [3.05, 3.63) is 65.0 Å². The van der Waals surface area contributed by atoms with Crippen LogP contribution in [0.3, 0.4) is 0 Å². The Morgan fingerprint density at radius 1 is 1.13 bits per heavy atom. The predicted octanol–water partition coefficient (Wildman–Crippen LogP) is 2.47. The van der Waals surface area contributed by atoms with Gasteiger partial charge in [-0.3, -0.25) is 14.6 Å². The van der Waals surface area contributed by atoms with E-state index < -0.39 is 11.4 Å². The Balaban J connectivity index is 2.19. The SMILES string of the molecule is Cc1cc(C(=O)NCC(C)(C(=O)O)c2ccccc2)cc(C)n1. The molecule has 2 aromatic rings. The minimum Gasteiger partial charge on any atom is -0.481 e. The number of nitrogens with zero attached hydrogens (tertiary/aromatic N) is 1. The van der Waals surface area contributed by atoms with E-state index in [4.69, 9.17) is 0 Å². The topological polar surface area (TPSA) is 79.3 Å². The van der Waals surface area contributed by atoms with Crippen molar-refractivity contribution in [3.8, 4) is 0 Å². The van der Waals surface area contributed by atoms with Gasteiger partial charge in [-0.25, -0.2) is 0 Å². The van der Waals surface area contributed by atoms with Gasteiger partial charge in [-0.2, -0.15) is 0 Å². The molecule has 1 aromatic carbocycles. The van der Waals surface area contributed by atoms with E-state index in [2.05, 4.69) is 10.3 Å². The van der Waals surface area contributed by atoms with Crippen molar-refractivity contribution in [1.82, 2.24) is 10.3 Å². The highest BCUT2D eigenvalue weighted by atomic mass is 16.4. The Bertz CT molecular complexity index is 708. The maximum atomic E-state index is 12.3. The van der Waals surface area contributed by atoms with E-state index in [1.807, 2.05) is 19.9 Å². The molecule has 5 heteroatoms. The molecular formula is C18H20N2O3. The van der Waals surface area contributed by atoms with E-state index in [1.54, 1.807) is 43.3 Å². The van der Waals surface area contributed by atoms with Crippen molar-refractivity contribution < 1.29 is 14.7 Å². The molecule has 1 aromatic heterocycles. The third kappa shape index (κ3) is 3.74. The number of aryl methyl sites for hydroxylation is 2. The Kier molecular flexibility index (Phi) is 4.79. The predicted molar refractivity (Wildman–Crippen MR) is 87.5 cm³/mol. The van der Waals surface area contributed by atoms with Crippen LogP contribution in [0.15, 0.2) is 42.5 Å². The minimum absolute atomic E-state index is 0.00555. The Morgan fingerprint density at radius 2 is 1.70 bits per heavy atom. The molecule has 0 aliphatic rings. The number of carbonyl (C=O) groups excluding carboxylic acids is 1. The van der Waals surface area contributed by atoms with E-state index in [0.29, 0.717) is 11.1 Å². The summed E-state index contributed by atoms with van der Waals surface area (Å²) < 4.78 is 0. The van der Waals surface area contributed by atoms with Gasteiger partial charge in [-0.15, -0.1) is 0 Å². The summed E-state index contributed by atoms with van der Waals surface area (Å²) in [5, 5.41) is 12.3. The summed E-state index contributed by atoms with van der Waals surface area (Å²) in [7, 11) is 0. The van der Waals surface area contributed by atoms with Crippen molar-refractivity contribution in [3.63, 3.8) is 0 Å². The number of hydrogen-bond acceptors (Lipinski definition) is 3. The quantitative estimate of drug-likeness (QED) is 0.889. The van der Waals surface area contributed by atoms with Crippen molar-refractivity contribution in [2.24, 2.45) is 0 Å². The van der Waals surface area contributed by atoms with Gasteiger partial charge < -0.3 is 10.4 Å². The number of nitrogens with one attached hydrogen (secondary N) is 1. The molecule has 0 saturated carbocycles. The molecule has 0 aliphatic heterocycles. The zero-order valence-corrected chi connectivity index (χ0v) is 13.5. The molecule has 0 bridgehead atoms. The normalized spacial score (nSPS) is 13.2. The van der Waals surface area contributed by atoms with Crippen LogP contribution in [-0.2, 0) is 10.2 Å². The van der Waals surface area contributed by atoms with Crippen LogP contribution in [0.25, 0.3) is 0 Å². The number of carboxylic acid groups (broad SMARTS) is 1. The Labute approximate surface area is 135 Å². The first-order valence-electron chi connectivity index (χ1n) is 7.35. The van der Waals surface area contributed by atoms with Gasteiger partial charge in [-0.05, 0) is 38.5 Å². The number of benzene rings is 1. The fourth-order valence-electron chi connectivity index (χ4n) is 2.43. The molecule has 1 heterocycles. The van der Waals surface area contributed by atoms with Crippen LogP contribution in [0.2, 0.25) is 0 Å². The zero-order valence-electron chi connectivity index (χ0n) is 13.5. The molecule has 0 spiro atoms. The highest BCUT2D eigenvalue weighted by Gasteiger charge is 2.35. The second kappa shape index (κ2) is 6.60. The number of carbonyl (C=O) groups is 2. The first-order valence-corrected chi connectivity index (χ1v) is 7.35. The van der Waals surface area contributed by atoms with Gasteiger partial charge in [0.25, 0.3) is 5.91 Å². The van der Waals surface area contributed by atoms with Crippen LogP contribution in [0.4, 0.5) is 0 Å². The van der Waals surface area contributed by atoms with Crippen LogP contribution >= 0.6 is 0 Å². The lowest BCUT2D eigenvalue weighted by atomic mass is 9.82. The highest BCUT2D eigenvalue weighted by Crippen LogP contribution is 2.23. The molecule has 23 heavy (non-hydrogen) atoms. The number of rotatable bonds is 5. The van der Waals surface area contributed by atoms with Gasteiger partial charge in [0.2, 0.25) is 0 Å². The first-order chi connectivity index (χ1) is 10.8. The number of aliphatic carboxylic acids is 1. The van der Waals surface area contributed by atoms with Crippen LogP contribution in [0, 0.1) is 13.8 Å². The third-order valence-electron chi connectivity index (χ3n) is 3.83. The van der Waals surface area contributed by atoms with Crippen LogP contribution in [0.1, 0.15) is 34.2 Å². The molecule has 0 fully saturated rings. The van der Waals surface area contributed by atoms with Crippen LogP contribution in [-0.4, -0.2) is 28.5 Å². The summed E-state index contributed by atoms with van der Waals surface area (Å²) in [6, 6.07) is 12.3. The first kappa shape index (κ1) is 16.7. The molecule has 1 unspecified atom stereocenters. The maximum Gasteiger partial charge on any atom is 0.315 e. The van der Waals surface area contributed by atoms with E-state index in [0.717, 1.165) is 11.4 Å². The molecule has 1 amide bonds. The average Bonchev–Trinajstić information content (AvgIpc) is 2.52. The average molecular weight is 312 g/mol. The summed E-state index contributed by atoms with van der Waals surface area (Å²) in [5.74, 6) is -1.28. The van der Waals surface area contributed by atoms with Crippen molar-refractivity contribution in [2.75, 3.05) is 6.54 Å². The molecule has 0 aliphatic carbocycles. The third-order valence-corrected chi connectivity index (χ3v) is 3.83. The number of pyridine rings is 1. The van der Waals surface area contributed by atoms with Gasteiger partial charge in [0.15, 0.2) is 0 Å². The van der Waals surface area contributed by atoms with Gasteiger partial charge in [0, 0.05) is 23.5 Å². The highest BCUT2D eigenvalue weighted by molar-refractivity contribution is 5.95. The van der Waals surface area contributed by atoms with Crippen LogP contribution < -0.4 is 5.32 Å². The summed E-state index contributed by atoms with van der Waals surface area (Å²) in [6.45, 7) is 5.24. The summed E-state index contributed by atoms with van der Waals surface area (Å²) in [6.07, 6.45) is 0. The number of amides is 1. The Hall–Kier alpha value is -2.69. The summed E-state index contributed by atoms with van der Waals surface area (Å²) in [4.78, 5) is 28.3. The minimum atomic E-state index is -1.19. The standard InChI is InChI=1S/C18H20N2O3/c1-12-9-14(10-13(2)20-12)16(21)19-11-18(3,17(22)23)15-7-5-4-6-8-15/h4-10H,11H2,1-3H3,(H,19,21)(H,22,23). The van der Waals surface area contributed by atoms with E-state index >= 15 is 0 Å². The van der Waals surface area contributed by atoms with Gasteiger partial charge >= 0.3 is 5.97 Å². The summed E-state index contributed by atoms with van der Waals surface area (Å²) in [5.41, 5.74) is 1.44. The molecule has 2 N–H and O–H groups in total. The molecule has 0 radical (unpaired) electrons. The molecule has 0 saturated heterocycles. The number of aromatic nitrogens is 1. The zero-order chi connectivity index (χ0) is 17.0. The van der Waals surface area contributed by atoms with E-state index in [9.17, 15) is 14.7 Å². The smallest absolute Gasteiger partial charge is 0.315 e. The number of carboxylic acids is 1. The van der Waals surface area contributed by atoms with E-state index in [-0.39, 0.29) is 12.5 Å². The number of hydrogen-bond donors (Lipinski definition) is 2. The van der Waals surface area contributed by atoms with Gasteiger partial charge in [0.1, 0.15) is 5.41 Å². The second-order valence-electron chi connectivity index (χ2n) is 5.82. The summed E-state index contributed by atoms with van der Waals surface area (Å²) >= 11 is 0. The van der Waals surface area contributed by atoms with Crippen molar-refractivity contribution in [2.45, 2.75) is 26.2 Å². The molecule has 2 rings (SSSR count). The lowest BCUT2D eigenvalue weighted by molar-refractivity contribution is -0.142. The fraction of sp³-hybridized carbons (Fsp3) is 0.278. The van der Waals surface area contributed by atoms with Crippen molar-refractivity contribution in [1.29, 1.82) is 0 Å². The molecule has 120 valence electrons. The molecule has 5 nitrogen and oxygen atoms in total. The van der Waals surface area contributed by atoms with Crippen LogP contribution in [0.5, 0.6) is 0 Å². The second-order valence-corrected chi connectivity index (χ2v) is 5.82. The van der Waals surface area contributed by atoms with Gasteiger partial charge in [-0.1, -0.05) is 30.3 Å². The Morgan fingerprint density at radius 3 is 2.22 bits per heavy atom. The molecular weight excluding hydrogens is 292 g/mol. The fourth-order valence-corrected chi connectivity index (χ4v) is 2.43. The van der Waals surface area contributed by atoms with Crippen molar-refractivity contribution >= 4 is 11.9 Å². The van der Waals surface area contributed by atoms with Gasteiger partial charge in [0.05, 0.1) is 0 Å². The maximum absolute atomic E-state index is 12.3. The van der Waals surface area contributed by atoms with E-state index in [1.165, 1.54) is 0 Å². The largest absolute Gasteiger partial charge is 0.481 e.